The van der Waals surface area contributed by atoms with Crippen LogP contribution in [-0.2, 0) is 9.53 Å². The van der Waals surface area contributed by atoms with Crippen molar-refractivity contribution in [3.63, 3.8) is 0 Å². The lowest BCUT2D eigenvalue weighted by molar-refractivity contribution is -0.127. The molecule has 1 aliphatic rings. The number of carbonyl (C=O) groups excluding carboxylic acids is 1. The number of ketones is 1. The summed E-state index contributed by atoms with van der Waals surface area (Å²) in [6.07, 6.45) is 5.28. The van der Waals surface area contributed by atoms with E-state index in [0.29, 0.717) is 32.5 Å². The Hall–Kier alpha value is -0.410. The van der Waals surface area contributed by atoms with Gasteiger partial charge in [-0.1, -0.05) is 19.8 Å². The Morgan fingerprint density at radius 3 is 2.57 bits per heavy atom. The van der Waals surface area contributed by atoms with Crippen LogP contribution in [-0.4, -0.2) is 24.5 Å². The van der Waals surface area contributed by atoms with Crippen LogP contribution >= 0.6 is 0 Å². The average molecular weight is 199 g/mol. The number of rotatable bonds is 5. The summed E-state index contributed by atoms with van der Waals surface area (Å²) in [6.45, 7) is 3.41. The molecule has 1 aliphatic heterocycles. The van der Waals surface area contributed by atoms with Crippen LogP contribution in [0.5, 0.6) is 0 Å². The second kappa shape index (κ2) is 5.47. The summed E-state index contributed by atoms with van der Waals surface area (Å²) in [6, 6.07) is 0. The fraction of sp³-hybridized carbons (Fsp3) is 0.909. The van der Waals surface area contributed by atoms with E-state index >= 15 is 0 Å². The molecule has 0 amide bonds. The van der Waals surface area contributed by atoms with Crippen LogP contribution in [0.15, 0.2) is 0 Å². The molecule has 0 aliphatic carbocycles. The summed E-state index contributed by atoms with van der Waals surface area (Å²) in [5.41, 5.74) is 5.48. The van der Waals surface area contributed by atoms with Gasteiger partial charge in [0.15, 0.2) is 5.78 Å². The van der Waals surface area contributed by atoms with E-state index in [0.717, 1.165) is 19.3 Å². The monoisotopic (exact) mass is 199 g/mol. The molecule has 3 nitrogen and oxygen atoms in total. The van der Waals surface area contributed by atoms with Crippen LogP contribution in [0.1, 0.15) is 45.4 Å². The summed E-state index contributed by atoms with van der Waals surface area (Å²) in [4.78, 5) is 11.8. The van der Waals surface area contributed by atoms with Crippen molar-refractivity contribution < 1.29 is 9.53 Å². The molecule has 0 saturated carbocycles. The highest BCUT2D eigenvalue weighted by Crippen LogP contribution is 2.21. The summed E-state index contributed by atoms with van der Waals surface area (Å²) in [5, 5.41) is 0. The molecular weight excluding hydrogens is 178 g/mol. The van der Waals surface area contributed by atoms with Crippen molar-refractivity contribution in [2.45, 2.75) is 51.0 Å². The van der Waals surface area contributed by atoms with Gasteiger partial charge in [0.05, 0.1) is 5.54 Å². The average Bonchev–Trinajstić information content (AvgIpc) is 2.19. The minimum atomic E-state index is -0.577. The van der Waals surface area contributed by atoms with Gasteiger partial charge in [0, 0.05) is 19.6 Å². The lowest BCUT2D eigenvalue weighted by Crippen LogP contribution is -2.51. The molecule has 1 heterocycles. The van der Waals surface area contributed by atoms with Crippen molar-refractivity contribution in [3.05, 3.63) is 0 Å². The Bertz CT molecular complexity index is 186. The first-order chi connectivity index (χ1) is 6.69. The van der Waals surface area contributed by atoms with Crippen LogP contribution in [0.25, 0.3) is 0 Å². The van der Waals surface area contributed by atoms with Crippen molar-refractivity contribution in [1.82, 2.24) is 0 Å². The molecule has 0 bridgehead atoms. The van der Waals surface area contributed by atoms with E-state index in [1.165, 1.54) is 0 Å². The molecule has 3 heteroatoms. The van der Waals surface area contributed by atoms with Crippen LogP contribution in [0, 0.1) is 0 Å². The molecule has 14 heavy (non-hydrogen) atoms. The molecule has 1 saturated heterocycles. The molecule has 0 spiro atoms. The van der Waals surface area contributed by atoms with E-state index in [2.05, 4.69) is 6.92 Å². The van der Waals surface area contributed by atoms with Gasteiger partial charge in [0.25, 0.3) is 0 Å². The van der Waals surface area contributed by atoms with Gasteiger partial charge < -0.3 is 10.5 Å². The van der Waals surface area contributed by atoms with Gasteiger partial charge in [-0.2, -0.15) is 0 Å². The molecule has 0 radical (unpaired) electrons. The molecule has 1 fully saturated rings. The van der Waals surface area contributed by atoms with Gasteiger partial charge in [-0.15, -0.1) is 0 Å². The second-order valence-electron chi connectivity index (χ2n) is 4.15. The summed E-state index contributed by atoms with van der Waals surface area (Å²) in [5.74, 6) is 0.231. The first-order valence-corrected chi connectivity index (χ1v) is 5.59. The molecule has 1 rings (SSSR count). The molecule has 0 aromatic rings. The Morgan fingerprint density at radius 2 is 2.00 bits per heavy atom. The highest BCUT2D eigenvalue weighted by molar-refractivity contribution is 5.88. The standard InChI is InChI=1S/C11H21NO2/c1-2-3-4-5-10(13)11(12)6-8-14-9-7-11/h2-9,12H2,1H3. The van der Waals surface area contributed by atoms with Gasteiger partial charge in [0.1, 0.15) is 0 Å². The third kappa shape index (κ3) is 3.07. The van der Waals surface area contributed by atoms with Crippen LogP contribution in [0.4, 0.5) is 0 Å². The Labute approximate surface area is 86.0 Å². The van der Waals surface area contributed by atoms with Gasteiger partial charge in [-0.25, -0.2) is 0 Å². The highest BCUT2D eigenvalue weighted by atomic mass is 16.5. The Kier molecular flexibility index (Phi) is 4.55. The maximum atomic E-state index is 11.8. The van der Waals surface area contributed by atoms with Crippen molar-refractivity contribution >= 4 is 5.78 Å². The number of carbonyl (C=O) groups is 1. The van der Waals surface area contributed by atoms with Gasteiger partial charge >= 0.3 is 0 Å². The fourth-order valence-corrected chi connectivity index (χ4v) is 1.80. The van der Waals surface area contributed by atoms with E-state index in [4.69, 9.17) is 10.5 Å². The molecule has 0 aromatic carbocycles. The lowest BCUT2D eigenvalue weighted by atomic mass is 9.84. The lowest BCUT2D eigenvalue weighted by Gasteiger charge is -2.31. The van der Waals surface area contributed by atoms with Crippen LogP contribution < -0.4 is 5.73 Å². The van der Waals surface area contributed by atoms with Gasteiger partial charge in [0.2, 0.25) is 0 Å². The highest BCUT2D eigenvalue weighted by Gasteiger charge is 2.34. The van der Waals surface area contributed by atoms with E-state index in [1.54, 1.807) is 0 Å². The molecule has 0 atom stereocenters. The summed E-state index contributed by atoms with van der Waals surface area (Å²) in [7, 11) is 0. The first kappa shape index (κ1) is 11.7. The van der Waals surface area contributed by atoms with Crippen LogP contribution in [0.2, 0.25) is 0 Å². The molecule has 82 valence electrons. The van der Waals surface area contributed by atoms with E-state index in [-0.39, 0.29) is 5.78 Å². The van der Waals surface area contributed by atoms with E-state index in [9.17, 15) is 4.79 Å². The number of hydrogen-bond donors (Lipinski definition) is 1. The zero-order valence-electron chi connectivity index (χ0n) is 9.05. The minimum absolute atomic E-state index is 0.231. The zero-order valence-corrected chi connectivity index (χ0v) is 9.05. The van der Waals surface area contributed by atoms with E-state index < -0.39 is 5.54 Å². The summed E-state index contributed by atoms with van der Waals surface area (Å²) >= 11 is 0. The summed E-state index contributed by atoms with van der Waals surface area (Å²) < 4.78 is 5.21. The van der Waals surface area contributed by atoms with Crippen molar-refractivity contribution in [3.8, 4) is 0 Å². The maximum absolute atomic E-state index is 11.8. The Balaban J connectivity index is 2.33. The third-order valence-electron chi connectivity index (χ3n) is 2.95. The zero-order chi connectivity index (χ0) is 10.4. The van der Waals surface area contributed by atoms with Crippen molar-refractivity contribution in [2.24, 2.45) is 5.73 Å². The molecule has 2 N–H and O–H groups in total. The predicted octanol–water partition coefficient (Wildman–Crippen LogP) is 1.64. The maximum Gasteiger partial charge on any atom is 0.152 e. The first-order valence-electron chi connectivity index (χ1n) is 5.59. The van der Waals surface area contributed by atoms with Crippen molar-refractivity contribution in [1.29, 1.82) is 0 Å². The van der Waals surface area contributed by atoms with E-state index in [1.807, 2.05) is 0 Å². The molecule has 0 aromatic heterocycles. The minimum Gasteiger partial charge on any atom is -0.381 e. The topological polar surface area (TPSA) is 52.3 Å². The van der Waals surface area contributed by atoms with Crippen LogP contribution in [0.3, 0.4) is 0 Å². The molecule has 0 unspecified atom stereocenters. The smallest absolute Gasteiger partial charge is 0.152 e. The Morgan fingerprint density at radius 1 is 1.36 bits per heavy atom. The number of Topliss-reactive ketones (excluding diaryl/α,β-unsaturated/α-hetero) is 1. The normalized spacial score (nSPS) is 20.7. The number of unbranched alkanes of at least 4 members (excludes halogenated alkanes) is 2. The SMILES string of the molecule is CCCCCC(=O)C1(N)CCOCC1. The van der Waals surface area contributed by atoms with Gasteiger partial charge in [-0.3, -0.25) is 4.79 Å². The number of hydrogen-bond acceptors (Lipinski definition) is 3. The second-order valence-corrected chi connectivity index (χ2v) is 4.15. The van der Waals surface area contributed by atoms with Crippen molar-refractivity contribution in [2.75, 3.05) is 13.2 Å². The third-order valence-corrected chi connectivity index (χ3v) is 2.95. The van der Waals surface area contributed by atoms with Gasteiger partial charge in [-0.05, 0) is 19.3 Å². The number of ether oxygens (including phenoxy) is 1. The predicted molar refractivity (Wildman–Crippen MR) is 56.1 cm³/mol. The fourth-order valence-electron chi connectivity index (χ4n) is 1.80. The largest absolute Gasteiger partial charge is 0.381 e. The molecular formula is C11H21NO2. The number of nitrogens with two attached hydrogens (primary N) is 1. The quantitative estimate of drug-likeness (QED) is 0.685.